The van der Waals surface area contributed by atoms with E-state index < -0.39 is 0 Å². The van der Waals surface area contributed by atoms with E-state index in [2.05, 4.69) is 17.1 Å². The van der Waals surface area contributed by atoms with E-state index in [1.165, 1.54) is 5.56 Å². The zero-order valence-corrected chi connectivity index (χ0v) is 18.9. The Morgan fingerprint density at radius 1 is 1.03 bits per heavy atom. The van der Waals surface area contributed by atoms with E-state index in [0.717, 1.165) is 16.9 Å². The van der Waals surface area contributed by atoms with Gasteiger partial charge in [-0.2, -0.15) is 0 Å². The molecule has 0 bridgehead atoms. The molecule has 4 rings (SSSR count). The van der Waals surface area contributed by atoms with Crippen LogP contribution >= 0.6 is 24.8 Å². The van der Waals surface area contributed by atoms with Crippen molar-refractivity contribution in [2.45, 2.75) is 5.92 Å². The van der Waals surface area contributed by atoms with Crippen molar-refractivity contribution >= 4 is 30.7 Å². The highest BCUT2D eigenvalue weighted by atomic mass is 35.5. The number of carbonyl (C=O) groups excluding carboxylic acids is 1. The second-order valence-electron chi connectivity index (χ2n) is 7.41. The van der Waals surface area contributed by atoms with E-state index in [0.29, 0.717) is 25.2 Å². The van der Waals surface area contributed by atoms with Crippen molar-refractivity contribution in [1.82, 2.24) is 9.88 Å². The molecule has 0 unspecified atom stereocenters. The van der Waals surface area contributed by atoms with Gasteiger partial charge >= 0.3 is 0 Å². The van der Waals surface area contributed by atoms with Crippen molar-refractivity contribution in [2.24, 2.45) is 11.7 Å². The summed E-state index contributed by atoms with van der Waals surface area (Å²) in [5, 5.41) is 0. The molecule has 1 amide bonds. The van der Waals surface area contributed by atoms with Crippen LogP contribution in [0.2, 0.25) is 0 Å². The maximum Gasteiger partial charge on any atom is 0.255 e. The molecule has 3 aromatic rings. The van der Waals surface area contributed by atoms with Crippen LogP contribution in [0.1, 0.15) is 21.8 Å². The number of amides is 1. The molecule has 7 heteroatoms. The van der Waals surface area contributed by atoms with Gasteiger partial charge in [0.15, 0.2) is 0 Å². The van der Waals surface area contributed by atoms with Crippen LogP contribution in [0.25, 0.3) is 11.1 Å². The summed E-state index contributed by atoms with van der Waals surface area (Å²) in [5.74, 6) is 1.33. The first-order chi connectivity index (χ1) is 14.2. The van der Waals surface area contributed by atoms with Crippen LogP contribution < -0.4 is 10.5 Å². The van der Waals surface area contributed by atoms with Crippen molar-refractivity contribution in [3.63, 3.8) is 0 Å². The van der Waals surface area contributed by atoms with Crippen molar-refractivity contribution < 1.29 is 9.53 Å². The Hall–Kier alpha value is -2.60. The van der Waals surface area contributed by atoms with Gasteiger partial charge in [0.05, 0.1) is 12.7 Å². The highest BCUT2D eigenvalue weighted by Gasteiger charge is 2.35. The summed E-state index contributed by atoms with van der Waals surface area (Å²) in [5.41, 5.74) is 9.77. The van der Waals surface area contributed by atoms with Gasteiger partial charge in [-0.3, -0.25) is 9.78 Å². The summed E-state index contributed by atoms with van der Waals surface area (Å²) < 4.78 is 5.22. The van der Waals surface area contributed by atoms with Crippen molar-refractivity contribution in [3.05, 3.63) is 84.2 Å². The molecular formula is C24H27Cl2N3O2. The number of pyridine rings is 1. The third-order valence-corrected chi connectivity index (χ3v) is 5.67. The lowest BCUT2D eigenvalue weighted by molar-refractivity contribution is 0.0786. The fraction of sp³-hybridized carbons (Fsp3) is 0.250. The standard InChI is InChI=1S/C24H25N3O2.2ClH/c1-29-22-9-7-17(8-10-22)19-11-20(14-26-13-19)24(28)27-15-21(12-25)23(16-27)18-5-3-2-4-6-18;;/h2-11,13-14,21,23H,12,15-16,25H2,1H3;2*1H/t21-,23+;;/m1../s1. The molecule has 31 heavy (non-hydrogen) atoms. The topological polar surface area (TPSA) is 68.5 Å². The van der Waals surface area contributed by atoms with Crippen LogP contribution in [0.4, 0.5) is 0 Å². The SMILES string of the molecule is COc1ccc(-c2cncc(C(=O)N3C[C@@H](CN)[C@H](c4ccccc4)C3)c2)cc1.Cl.Cl. The predicted molar refractivity (Wildman–Crippen MR) is 128 cm³/mol. The van der Waals surface area contributed by atoms with E-state index in [9.17, 15) is 4.79 Å². The Morgan fingerprint density at radius 2 is 1.74 bits per heavy atom. The first-order valence-electron chi connectivity index (χ1n) is 9.83. The van der Waals surface area contributed by atoms with Crippen molar-refractivity contribution in [2.75, 3.05) is 26.7 Å². The smallest absolute Gasteiger partial charge is 0.255 e. The highest BCUT2D eigenvalue weighted by molar-refractivity contribution is 5.95. The molecule has 1 aliphatic heterocycles. The van der Waals surface area contributed by atoms with Crippen LogP contribution in [-0.2, 0) is 0 Å². The summed E-state index contributed by atoms with van der Waals surface area (Å²) in [7, 11) is 1.64. The Bertz CT molecular complexity index is 984. The first kappa shape index (κ1) is 24.7. The predicted octanol–water partition coefficient (Wildman–Crippen LogP) is 4.42. The number of hydrogen-bond donors (Lipinski definition) is 1. The number of methoxy groups -OCH3 is 1. The fourth-order valence-corrected chi connectivity index (χ4v) is 4.03. The number of nitrogens with two attached hydrogens (primary N) is 1. The minimum absolute atomic E-state index is 0. The molecule has 1 aliphatic rings. The maximum atomic E-state index is 13.2. The average Bonchev–Trinajstić information content (AvgIpc) is 3.24. The van der Waals surface area contributed by atoms with Gasteiger partial charge in [-0.1, -0.05) is 42.5 Å². The molecule has 0 saturated carbocycles. The van der Waals surface area contributed by atoms with Gasteiger partial charge in [-0.15, -0.1) is 24.8 Å². The van der Waals surface area contributed by atoms with Crippen molar-refractivity contribution in [3.8, 4) is 16.9 Å². The molecule has 0 spiro atoms. The second kappa shape index (κ2) is 11.1. The summed E-state index contributed by atoms with van der Waals surface area (Å²) in [6, 6.07) is 20.0. The number of benzene rings is 2. The van der Waals surface area contributed by atoms with E-state index in [4.69, 9.17) is 10.5 Å². The number of halogens is 2. The van der Waals surface area contributed by atoms with Gasteiger partial charge in [0.1, 0.15) is 5.75 Å². The number of nitrogens with zero attached hydrogens (tertiary/aromatic N) is 2. The zero-order chi connectivity index (χ0) is 20.2. The number of carbonyl (C=O) groups is 1. The second-order valence-corrected chi connectivity index (χ2v) is 7.41. The van der Waals surface area contributed by atoms with E-state index >= 15 is 0 Å². The Labute approximate surface area is 195 Å². The Morgan fingerprint density at radius 3 is 2.39 bits per heavy atom. The van der Waals surface area contributed by atoms with E-state index in [1.54, 1.807) is 19.5 Å². The highest BCUT2D eigenvalue weighted by Crippen LogP contribution is 2.33. The molecule has 1 fully saturated rings. The zero-order valence-electron chi connectivity index (χ0n) is 17.3. The van der Waals surface area contributed by atoms with Gasteiger partial charge in [-0.05, 0) is 41.8 Å². The molecule has 0 radical (unpaired) electrons. The molecule has 164 valence electrons. The van der Waals surface area contributed by atoms with Crippen LogP contribution in [0.5, 0.6) is 5.75 Å². The van der Waals surface area contributed by atoms with Crippen molar-refractivity contribution in [1.29, 1.82) is 0 Å². The fourth-order valence-electron chi connectivity index (χ4n) is 4.03. The largest absolute Gasteiger partial charge is 0.497 e. The molecule has 1 saturated heterocycles. The number of rotatable bonds is 5. The normalized spacial score (nSPS) is 17.4. The molecule has 1 aromatic heterocycles. The molecular weight excluding hydrogens is 433 g/mol. The number of ether oxygens (including phenoxy) is 1. The minimum atomic E-state index is 0. The van der Waals surface area contributed by atoms with Gasteiger partial charge in [0, 0.05) is 37.0 Å². The lowest BCUT2D eigenvalue weighted by Crippen LogP contribution is -2.30. The third kappa shape index (κ3) is 5.37. The monoisotopic (exact) mass is 459 g/mol. The number of likely N-dealkylation sites (tertiary alicyclic amines) is 1. The number of aromatic nitrogens is 1. The lowest BCUT2D eigenvalue weighted by atomic mass is 9.89. The molecule has 5 nitrogen and oxygen atoms in total. The maximum absolute atomic E-state index is 13.2. The van der Waals surface area contributed by atoms with Crippen LogP contribution in [-0.4, -0.2) is 42.5 Å². The molecule has 0 aliphatic carbocycles. The summed E-state index contributed by atoms with van der Waals surface area (Å²) in [4.78, 5) is 19.4. The molecule has 2 aromatic carbocycles. The molecule has 2 heterocycles. The average molecular weight is 460 g/mol. The van der Waals surface area contributed by atoms with Crippen LogP contribution in [0.15, 0.2) is 73.1 Å². The first-order valence-corrected chi connectivity index (χ1v) is 9.83. The Kier molecular flexibility index (Phi) is 8.87. The van der Waals surface area contributed by atoms with Gasteiger partial charge in [0.25, 0.3) is 5.91 Å². The summed E-state index contributed by atoms with van der Waals surface area (Å²) in [6.45, 7) is 1.91. The summed E-state index contributed by atoms with van der Waals surface area (Å²) in [6.07, 6.45) is 3.42. The van der Waals surface area contributed by atoms with E-state index in [1.807, 2.05) is 53.4 Å². The third-order valence-electron chi connectivity index (χ3n) is 5.67. The van der Waals surface area contributed by atoms with Crippen LogP contribution in [0.3, 0.4) is 0 Å². The minimum Gasteiger partial charge on any atom is -0.497 e. The Balaban J connectivity index is 0.00000171. The van der Waals surface area contributed by atoms with Crippen LogP contribution in [0, 0.1) is 5.92 Å². The van der Waals surface area contributed by atoms with Gasteiger partial charge < -0.3 is 15.4 Å². The number of hydrogen-bond acceptors (Lipinski definition) is 4. The van der Waals surface area contributed by atoms with Gasteiger partial charge in [-0.25, -0.2) is 0 Å². The molecule has 2 N–H and O–H groups in total. The lowest BCUT2D eigenvalue weighted by Gasteiger charge is -2.17. The quantitative estimate of drug-likeness (QED) is 0.612. The van der Waals surface area contributed by atoms with E-state index in [-0.39, 0.29) is 42.6 Å². The summed E-state index contributed by atoms with van der Waals surface area (Å²) >= 11 is 0. The molecule has 2 atom stereocenters. The van der Waals surface area contributed by atoms with Gasteiger partial charge in [0.2, 0.25) is 0 Å².